The van der Waals surface area contributed by atoms with Crippen LogP contribution >= 0.6 is 27.3 Å². The van der Waals surface area contributed by atoms with Crippen molar-refractivity contribution in [1.29, 1.82) is 0 Å². The van der Waals surface area contributed by atoms with Gasteiger partial charge in [-0.3, -0.25) is 4.68 Å². The van der Waals surface area contributed by atoms with Crippen LogP contribution in [-0.4, -0.2) is 14.8 Å². The average Bonchev–Trinajstić information content (AvgIpc) is 2.81. The molecule has 1 atom stereocenters. The Bertz CT molecular complexity index is 558. The number of aryl methyl sites for hydroxylation is 2. The molecule has 0 aliphatic rings. The first-order valence-electron chi connectivity index (χ1n) is 5.84. The SMILES string of the molecule is Cc1nc(C)c(C(N)c2c(Br)cnn2C(C)C)s1. The fraction of sp³-hybridized carbons (Fsp3) is 0.500. The maximum absolute atomic E-state index is 6.39. The Hall–Kier alpha value is -0.720. The van der Waals surface area contributed by atoms with E-state index < -0.39 is 0 Å². The third kappa shape index (κ3) is 2.37. The number of aromatic nitrogens is 3. The molecule has 2 aromatic rings. The number of rotatable bonds is 3. The minimum absolute atomic E-state index is 0.185. The molecule has 0 aliphatic heterocycles. The lowest BCUT2D eigenvalue weighted by Gasteiger charge is -2.16. The van der Waals surface area contributed by atoms with E-state index in [1.807, 2.05) is 18.5 Å². The first kappa shape index (κ1) is 13.7. The zero-order valence-corrected chi connectivity index (χ0v) is 13.3. The second kappa shape index (κ2) is 5.11. The van der Waals surface area contributed by atoms with Crippen molar-refractivity contribution in [2.24, 2.45) is 5.73 Å². The molecule has 2 aromatic heterocycles. The Morgan fingerprint density at radius 3 is 2.56 bits per heavy atom. The molecule has 0 bridgehead atoms. The van der Waals surface area contributed by atoms with Gasteiger partial charge < -0.3 is 5.73 Å². The number of hydrogen-bond donors (Lipinski definition) is 1. The van der Waals surface area contributed by atoms with Gasteiger partial charge >= 0.3 is 0 Å². The molecule has 0 aliphatic carbocycles. The van der Waals surface area contributed by atoms with E-state index in [0.29, 0.717) is 0 Å². The average molecular weight is 329 g/mol. The summed E-state index contributed by atoms with van der Waals surface area (Å²) in [5.74, 6) is 0. The normalized spacial score (nSPS) is 13.3. The fourth-order valence-electron chi connectivity index (χ4n) is 2.01. The summed E-state index contributed by atoms with van der Waals surface area (Å²) in [6.07, 6.45) is 1.80. The Morgan fingerprint density at radius 2 is 2.06 bits per heavy atom. The number of halogens is 1. The molecule has 18 heavy (non-hydrogen) atoms. The summed E-state index contributed by atoms with van der Waals surface area (Å²) in [5.41, 5.74) is 8.41. The summed E-state index contributed by atoms with van der Waals surface area (Å²) in [5, 5.41) is 5.42. The third-order valence-electron chi connectivity index (χ3n) is 2.79. The first-order valence-corrected chi connectivity index (χ1v) is 7.45. The van der Waals surface area contributed by atoms with Crippen LogP contribution in [0.15, 0.2) is 10.7 Å². The van der Waals surface area contributed by atoms with E-state index >= 15 is 0 Å². The van der Waals surface area contributed by atoms with Gasteiger partial charge in [0.25, 0.3) is 0 Å². The van der Waals surface area contributed by atoms with Crippen LogP contribution in [0.25, 0.3) is 0 Å². The molecule has 2 rings (SSSR count). The van der Waals surface area contributed by atoms with Crippen molar-refractivity contribution in [3.8, 4) is 0 Å². The molecule has 98 valence electrons. The van der Waals surface area contributed by atoms with Crippen molar-refractivity contribution in [1.82, 2.24) is 14.8 Å². The van der Waals surface area contributed by atoms with Crippen molar-refractivity contribution in [3.63, 3.8) is 0 Å². The van der Waals surface area contributed by atoms with E-state index in [1.165, 1.54) is 0 Å². The van der Waals surface area contributed by atoms with Gasteiger partial charge in [-0.15, -0.1) is 11.3 Å². The predicted molar refractivity (Wildman–Crippen MR) is 77.9 cm³/mol. The van der Waals surface area contributed by atoms with Gasteiger partial charge in [0.05, 0.1) is 38.0 Å². The molecule has 0 spiro atoms. The van der Waals surface area contributed by atoms with Crippen LogP contribution < -0.4 is 5.73 Å². The van der Waals surface area contributed by atoms with Crippen molar-refractivity contribution in [2.75, 3.05) is 0 Å². The summed E-state index contributed by atoms with van der Waals surface area (Å²) in [6.45, 7) is 8.20. The van der Waals surface area contributed by atoms with Gasteiger partial charge in [0, 0.05) is 6.04 Å². The van der Waals surface area contributed by atoms with Gasteiger partial charge in [-0.05, 0) is 43.6 Å². The third-order valence-corrected chi connectivity index (χ3v) is 4.56. The standard InChI is InChI=1S/C12H17BrN4S/c1-6(2)17-11(9(13)5-15-17)10(14)12-7(3)16-8(4)18-12/h5-6,10H,14H2,1-4H3. The highest BCUT2D eigenvalue weighted by Crippen LogP contribution is 2.33. The molecular weight excluding hydrogens is 312 g/mol. The van der Waals surface area contributed by atoms with Crippen LogP contribution in [-0.2, 0) is 0 Å². The monoisotopic (exact) mass is 328 g/mol. The summed E-state index contributed by atoms with van der Waals surface area (Å²) >= 11 is 5.19. The van der Waals surface area contributed by atoms with E-state index in [0.717, 1.165) is 25.7 Å². The van der Waals surface area contributed by atoms with Crippen molar-refractivity contribution < 1.29 is 0 Å². The Labute approximate surface area is 119 Å². The molecular formula is C12H17BrN4S. The Balaban J connectivity index is 2.48. The zero-order valence-electron chi connectivity index (χ0n) is 10.9. The predicted octanol–water partition coefficient (Wildman–Crippen LogP) is 3.35. The zero-order chi connectivity index (χ0) is 13.4. The van der Waals surface area contributed by atoms with Gasteiger partial charge in [-0.1, -0.05) is 0 Å². The number of hydrogen-bond acceptors (Lipinski definition) is 4. The minimum Gasteiger partial charge on any atom is -0.318 e. The number of thiazole rings is 1. The minimum atomic E-state index is -0.185. The van der Waals surface area contributed by atoms with Crippen LogP contribution in [0.4, 0.5) is 0 Å². The van der Waals surface area contributed by atoms with E-state index in [-0.39, 0.29) is 12.1 Å². The molecule has 0 aromatic carbocycles. The maximum Gasteiger partial charge on any atom is 0.0900 e. The molecule has 0 saturated carbocycles. The second-order valence-corrected chi connectivity index (χ2v) is 6.67. The molecule has 0 amide bonds. The highest BCUT2D eigenvalue weighted by molar-refractivity contribution is 9.10. The van der Waals surface area contributed by atoms with Crippen molar-refractivity contribution in [3.05, 3.63) is 31.9 Å². The quantitative estimate of drug-likeness (QED) is 0.939. The van der Waals surface area contributed by atoms with Gasteiger partial charge in [0.1, 0.15) is 0 Å². The second-order valence-electron chi connectivity index (χ2n) is 4.58. The molecule has 0 fully saturated rings. The van der Waals surface area contributed by atoms with E-state index in [1.54, 1.807) is 17.5 Å². The lowest BCUT2D eigenvalue weighted by molar-refractivity contribution is 0.499. The van der Waals surface area contributed by atoms with Gasteiger partial charge in [-0.25, -0.2) is 4.98 Å². The van der Waals surface area contributed by atoms with E-state index in [9.17, 15) is 0 Å². The Morgan fingerprint density at radius 1 is 1.39 bits per heavy atom. The summed E-state index contributed by atoms with van der Waals surface area (Å²) < 4.78 is 2.91. The van der Waals surface area contributed by atoms with Crippen LogP contribution in [0, 0.1) is 13.8 Å². The smallest absolute Gasteiger partial charge is 0.0900 e. The lowest BCUT2D eigenvalue weighted by Crippen LogP contribution is -2.19. The molecule has 1 unspecified atom stereocenters. The Kier molecular flexibility index (Phi) is 3.89. The number of nitrogens with zero attached hydrogens (tertiary/aromatic N) is 3. The highest BCUT2D eigenvalue weighted by Gasteiger charge is 2.23. The van der Waals surface area contributed by atoms with Gasteiger partial charge in [0.2, 0.25) is 0 Å². The summed E-state index contributed by atoms with van der Waals surface area (Å²) in [6, 6.07) is 0.0992. The maximum atomic E-state index is 6.39. The van der Waals surface area contributed by atoms with Crippen LogP contribution in [0.1, 0.15) is 47.2 Å². The first-order chi connectivity index (χ1) is 8.41. The van der Waals surface area contributed by atoms with Gasteiger partial charge in [0.15, 0.2) is 0 Å². The van der Waals surface area contributed by atoms with Crippen molar-refractivity contribution >= 4 is 27.3 Å². The van der Waals surface area contributed by atoms with Crippen LogP contribution in [0.2, 0.25) is 0 Å². The van der Waals surface area contributed by atoms with E-state index in [2.05, 4.69) is 39.9 Å². The fourth-order valence-corrected chi connectivity index (χ4v) is 3.47. The van der Waals surface area contributed by atoms with Crippen LogP contribution in [0.5, 0.6) is 0 Å². The van der Waals surface area contributed by atoms with E-state index in [4.69, 9.17) is 5.73 Å². The summed E-state index contributed by atoms with van der Waals surface area (Å²) in [7, 11) is 0. The summed E-state index contributed by atoms with van der Waals surface area (Å²) in [4.78, 5) is 5.55. The topological polar surface area (TPSA) is 56.7 Å². The molecule has 2 heterocycles. The number of nitrogens with two attached hydrogens (primary N) is 1. The van der Waals surface area contributed by atoms with Crippen molar-refractivity contribution in [2.45, 2.75) is 39.8 Å². The van der Waals surface area contributed by atoms with Gasteiger partial charge in [-0.2, -0.15) is 5.10 Å². The molecule has 2 N–H and O–H groups in total. The molecule has 0 saturated heterocycles. The lowest BCUT2D eigenvalue weighted by atomic mass is 10.1. The molecule has 0 radical (unpaired) electrons. The largest absolute Gasteiger partial charge is 0.318 e. The molecule has 6 heteroatoms. The van der Waals surface area contributed by atoms with Crippen LogP contribution in [0.3, 0.4) is 0 Å². The highest BCUT2D eigenvalue weighted by atomic mass is 79.9. The molecule has 4 nitrogen and oxygen atoms in total.